The van der Waals surface area contributed by atoms with Crippen molar-refractivity contribution in [3.05, 3.63) is 83.2 Å². The van der Waals surface area contributed by atoms with Gasteiger partial charge in [0.15, 0.2) is 0 Å². The summed E-state index contributed by atoms with van der Waals surface area (Å²) in [7, 11) is 1.66. The molecular formula is C22H23N3O2. The Morgan fingerprint density at radius 1 is 0.963 bits per heavy atom. The van der Waals surface area contributed by atoms with Crippen LogP contribution in [0.4, 0.5) is 0 Å². The predicted octanol–water partition coefficient (Wildman–Crippen LogP) is 3.89. The summed E-state index contributed by atoms with van der Waals surface area (Å²) < 4.78 is 1.70. The van der Waals surface area contributed by atoms with Crippen LogP contribution in [0.2, 0.25) is 0 Å². The Morgan fingerprint density at radius 2 is 1.52 bits per heavy atom. The first kappa shape index (κ1) is 18.6. The zero-order chi connectivity index (χ0) is 19.6. The van der Waals surface area contributed by atoms with E-state index in [2.05, 4.69) is 5.10 Å². The van der Waals surface area contributed by atoms with Gasteiger partial charge < -0.3 is 4.90 Å². The quantitative estimate of drug-likeness (QED) is 0.512. The van der Waals surface area contributed by atoms with Crippen LogP contribution in [0, 0.1) is 13.8 Å². The molecule has 0 saturated heterocycles. The molecule has 1 amide bonds. The highest BCUT2D eigenvalue weighted by Crippen LogP contribution is 2.22. The number of carbonyl (C=O) groups excluding carboxylic acids is 2. The van der Waals surface area contributed by atoms with Crippen molar-refractivity contribution >= 4 is 11.7 Å². The Bertz CT molecular complexity index is 962. The molecule has 1 heterocycles. The predicted molar refractivity (Wildman–Crippen MR) is 105 cm³/mol. The maximum atomic E-state index is 13.0. The van der Waals surface area contributed by atoms with Crippen molar-refractivity contribution < 1.29 is 9.59 Å². The molecule has 0 aliphatic heterocycles. The number of amides is 1. The largest absolute Gasteiger partial charge is 0.332 e. The molecule has 0 aliphatic carbocycles. The van der Waals surface area contributed by atoms with E-state index in [0.29, 0.717) is 17.0 Å². The summed E-state index contributed by atoms with van der Waals surface area (Å²) in [6, 6.07) is 19.0. The van der Waals surface area contributed by atoms with E-state index >= 15 is 0 Å². The van der Waals surface area contributed by atoms with Gasteiger partial charge in [0.25, 0.3) is 11.7 Å². The van der Waals surface area contributed by atoms with Crippen LogP contribution in [-0.4, -0.2) is 33.4 Å². The second kappa shape index (κ2) is 7.58. The van der Waals surface area contributed by atoms with Crippen molar-refractivity contribution in [1.29, 1.82) is 0 Å². The first-order valence-electron chi connectivity index (χ1n) is 8.90. The molecule has 138 valence electrons. The second-order valence-corrected chi connectivity index (χ2v) is 6.63. The highest BCUT2D eigenvalue weighted by Gasteiger charge is 2.29. The van der Waals surface area contributed by atoms with Crippen molar-refractivity contribution in [2.45, 2.75) is 26.8 Å². The van der Waals surface area contributed by atoms with E-state index in [4.69, 9.17) is 0 Å². The van der Waals surface area contributed by atoms with E-state index in [9.17, 15) is 9.59 Å². The lowest BCUT2D eigenvalue weighted by Gasteiger charge is -2.24. The lowest BCUT2D eigenvalue weighted by Crippen LogP contribution is -2.35. The number of hydrogen-bond acceptors (Lipinski definition) is 3. The molecule has 1 atom stereocenters. The summed E-state index contributed by atoms with van der Waals surface area (Å²) in [6.07, 6.45) is 0. The Labute approximate surface area is 159 Å². The van der Waals surface area contributed by atoms with Crippen LogP contribution in [0.3, 0.4) is 0 Å². The molecule has 0 radical (unpaired) electrons. The van der Waals surface area contributed by atoms with Gasteiger partial charge in [-0.25, -0.2) is 4.68 Å². The van der Waals surface area contributed by atoms with Gasteiger partial charge >= 0.3 is 0 Å². The summed E-state index contributed by atoms with van der Waals surface area (Å²) in [5.74, 6) is -1.07. The molecule has 27 heavy (non-hydrogen) atoms. The van der Waals surface area contributed by atoms with Gasteiger partial charge in [0.2, 0.25) is 0 Å². The summed E-state index contributed by atoms with van der Waals surface area (Å²) in [6.45, 7) is 5.48. The van der Waals surface area contributed by atoms with Gasteiger partial charge in [-0.3, -0.25) is 9.59 Å². The van der Waals surface area contributed by atoms with Crippen molar-refractivity contribution in [1.82, 2.24) is 14.7 Å². The Morgan fingerprint density at radius 3 is 2.11 bits per heavy atom. The summed E-state index contributed by atoms with van der Waals surface area (Å²) >= 11 is 0. The fraction of sp³-hybridized carbons (Fsp3) is 0.227. The Balaban J connectivity index is 1.90. The zero-order valence-electron chi connectivity index (χ0n) is 16.0. The number of benzene rings is 2. The number of Topliss-reactive ketones (excluding diaryl/α,β-unsaturated/α-hetero) is 1. The summed E-state index contributed by atoms with van der Waals surface area (Å²) in [4.78, 5) is 27.3. The highest BCUT2D eigenvalue weighted by molar-refractivity contribution is 6.43. The number of rotatable bonds is 5. The third-order valence-electron chi connectivity index (χ3n) is 4.90. The molecule has 5 heteroatoms. The molecule has 1 unspecified atom stereocenters. The minimum absolute atomic E-state index is 0.201. The van der Waals surface area contributed by atoms with Gasteiger partial charge in [-0.2, -0.15) is 5.10 Å². The van der Waals surface area contributed by atoms with Crippen LogP contribution in [0.5, 0.6) is 0 Å². The van der Waals surface area contributed by atoms with Crippen LogP contribution >= 0.6 is 0 Å². The highest BCUT2D eigenvalue weighted by atomic mass is 16.2. The standard InChI is InChI=1S/C22H23N3O2/c1-15-20(17(3)25(23-15)19-13-9-6-10-14-19)21(26)22(27)24(4)16(2)18-11-7-5-8-12-18/h5-14,16H,1-4H3. The number of nitrogens with zero attached hydrogens (tertiary/aromatic N) is 3. The fourth-order valence-electron chi connectivity index (χ4n) is 3.19. The minimum Gasteiger partial charge on any atom is -0.332 e. The number of carbonyl (C=O) groups is 2. The van der Waals surface area contributed by atoms with Crippen molar-refractivity contribution in [2.24, 2.45) is 0 Å². The number of aromatic nitrogens is 2. The average molecular weight is 361 g/mol. The van der Waals surface area contributed by atoms with Crippen LogP contribution in [-0.2, 0) is 4.79 Å². The van der Waals surface area contributed by atoms with Crippen molar-refractivity contribution in [2.75, 3.05) is 7.05 Å². The lowest BCUT2D eigenvalue weighted by atomic mass is 10.0. The van der Waals surface area contributed by atoms with Crippen LogP contribution in [0.25, 0.3) is 5.69 Å². The van der Waals surface area contributed by atoms with E-state index in [1.807, 2.05) is 74.5 Å². The van der Waals surface area contributed by atoms with Crippen molar-refractivity contribution in [3.63, 3.8) is 0 Å². The van der Waals surface area contributed by atoms with E-state index in [1.54, 1.807) is 18.7 Å². The summed E-state index contributed by atoms with van der Waals surface area (Å²) in [5.41, 5.74) is 3.43. The van der Waals surface area contributed by atoms with E-state index < -0.39 is 11.7 Å². The number of ketones is 1. The molecule has 0 aliphatic rings. The Hall–Kier alpha value is -3.21. The smallest absolute Gasteiger partial charge is 0.295 e. The summed E-state index contributed by atoms with van der Waals surface area (Å²) in [5, 5.41) is 4.47. The number of aryl methyl sites for hydroxylation is 1. The van der Waals surface area contributed by atoms with Crippen LogP contribution in [0.15, 0.2) is 60.7 Å². The second-order valence-electron chi connectivity index (χ2n) is 6.63. The molecule has 1 aromatic heterocycles. The van der Waals surface area contributed by atoms with Gasteiger partial charge in [-0.1, -0.05) is 48.5 Å². The monoisotopic (exact) mass is 361 g/mol. The van der Waals surface area contributed by atoms with Crippen LogP contribution < -0.4 is 0 Å². The van der Waals surface area contributed by atoms with Gasteiger partial charge in [0.1, 0.15) is 0 Å². The van der Waals surface area contributed by atoms with Crippen LogP contribution in [0.1, 0.15) is 40.3 Å². The molecule has 3 rings (SSSR count). The number of para-hydroxylation sites is 1. The molecule has 0 fully saturated rings. The molecule has 0 N–H and O–H groups in total. The van der Waals surface area contributed by atoms with Gasteiger partial charge in [-0.05, 0) is 38.5 Å². The maximum Gasteiger partial charge on any atom is 0.295 e. The van der Waals surface area contributed by atoms with E-state index in [-0.39, 0.29) is 6.04 Å². The molecule has 2 aromatic carbocycles. The van der Waals surface area contributed by atoms with Gasteiger partial charge in [-0.15, -0.1) is 0 Å². The average Bonchev–Trinajstić information content (AvgIpc) is 3.01. The first-order valence-corrected chi connectivity index (χ1v) is 8.90. The number of hydrogen-bond donors (Lipinski definition) is 0. The normalized spacial score (nSPS) is 11.9. The molecule has 0 spiro atoms. The molecule has 0 bridgehead atoms. The third-order valence-corrected chi connectivity index (χ3v) is 4.90. The minimum atomic E-state index is -0.537. The third kappa shape index (κ3) is 3.53. The maximum absolute atomic E-state index is 13.0. The van der Waals surface area contributed by atoms with Gasteiger partial charge in [0, 0.05) is 7.05 Å². The number of likely N-dealkylation sites (N-methyl/N-ethyl adjacent to an activating group) is 1. The lowest BCUT2D eigenvalue weighted by molar-refractivity contribution is -0.127. The zero-order valence-corrected chi connectivity index (χ0v) is 16.0. The van der Waals surface area contributed by atoms with Crippen molar-refractivity contribution in [3.8, 4) is 5.69 Å². The van der Waals surface area contributed by atoms with E-state index in [1.165, 1.54) is 4.90 Å². The molecule has 3 aromatic rings. The molecular weight excluding hydrogens is 338 g/mol. The van der Waals surface area contributed by atoms with E-state index in [0.717, 1.165) is 11.3 Å². The molecule has 0 saturated carbocycles. The SMILES string of the molecule is Cc1nn(-c2ccccc2)c(C)c1C(=O)C(=O)N(C)C(C)c1ccccc1. The van der Waals surface area contributed by atoms with Gasteiger partial charge in [0.05, 0.1) is 28.7 Å². The first-order chi connectivity index (χ1) is 12.9. The molecule has 5 nitrogen and oxygen atoms in total. The fourth-order valence-corrected chi connectivity index (χ4v) is 3.19. The Kier molecular flexibility index (Phi) is 5.21. The topological polar surface area (TPSA) is 55.2 Å².